The zero-order valence-corrected chi connectivity index (χ0v) is 10.00. The largest absolute Gasteiger partial charge is 0.325 e. The molecule has 0 aliphatic heterocycles. The number of hydrogen-bond donors (Lipinski definition) is 1. The maximum atomic E-state index is 6.54. The molecule has 0 rings (SSSR count). The number of hydrogen-bond acceptors (Lipinski definition) is 1. The first kappa shape index (κ1) is 11.5. The van der Waals surface area contributed by atoms with E-state index in [1.54, 1.807) is 0 Å². The van der Waals surface area contributed by atoms with Crippen molar-refractivity contribution in [2.24, 2.45) is 0 Å². The SMILES string of the molecule is CCN[Si](Cl)(C(C)C)C(C)C. The maximum Gasteiger partial charge on any atom is 0.231 e. The Labute approximate surface area is 76.3 Å². The number of halogens is 1. The monoisotopic (exact) mass is 193 g/mol. The molecule has 0 unspecified atom stereocenters. The van der Waals surface area contributed by atoms with E-state index in [0.29, 0.717) is 11.1 Å². The highest BCUT2D eigenvalue weighted by Gasteiger charge is 2.37. The van der Waals surface area contributed by atoms with Gasteiger partial charge in [-0.05, 0) is 17.6 Å². The van der Waals surface area contributed by atoms with E-state index < -0.39 is 7.55 Å². The van der Waals surface area contributed by atoms with Crippen LogP contribution < -0.4 is 4.98 Å². The third-order valence-corrected chi connectivity index (χ3v) is 9.40. The van der Waals surface area contributed by atoms with Gasteiger partial charge >= 0.3 is 0 Å². The quantitative estimate of drug-likeness (QED) is 0.535. The summed E-state index contributed by atoms with van der Waals surface area (Å²) in [4.78, 5) is 3.46. The molecule has 0 radical (unpaired) electrons. The second kappa shape index (κ2) is 4.48. The van der Waals surface area contributed by atoms with E-state index in [2.05, 4.69) is 39.6 Å². The van der Waals surface area contributed by atoms with Crippen LogP contribution in [0.15, 0.2) is 0 Å². The molecule has 0 spiro atoms. The second-order valence-corrected chi connectivity index (χ2v) is 9.68. The van der Waals surface area contributed by atoms with E-state index in [-0.39, 0.29) is 0 Å². The molecule has 68 valence electrons. The molecule has 0 saturated heterocycles. The molecular formula is C8H20ClNSi. The molecule has 1 nitrogen and oxygen atoms in total. The van der Waals surface area contributed by atoms with Crippen molar-refractivity contribution in [3.8, 4) is 0 Å². The van der Waals surface area contributed by atoms with E-state index in [4.69, 9.17) is 11.1 Å². The molecule has 11 heavy (non-hydrogen) atoms. The van der Waals surface area contributed by atoms with Gasteiger partial charge in [0.25, 0.3) is 0 Å². The fraction of sp³-hybridized carbons (Fsp3) is 1.00. The molecule has 1 N–H and O–H groups in total. The van der Waals surface area contributed by atoms with Gasteiger partial charge in [0.1, 0.15) is 0 Å². The van der Waals surface area contributed by atoms with Gasteiger partial charge in [-0.2, -0.15) is 0 Å². The van der Waals surface area contributed by atoms with Crippen molar-refractivity contribution in [2.45, 2.75) is 45.7 Å². The minimum absolute atomic E-state index is 0.601. The van der Waals surface area contributed by atoms with Crippen LogP contribution >= 0.6 is 11.1 Å². The summed E-state index contributed by atoms with van der Waals surface area (Å²) in [6.07, 6.45) is 0. The minimum atomic E-state index is -1.68. The summed E-state index contributed by atoms with van der Waals surface area (Å²) in [5.74, 6) is 0. The van der Waals surface area contributed by atoms with Crippen LogP contribution in [0.1, 0.15) is 34.6 Å². The minimum Gasteiger partial charge on any atom is -0.325 e. The highest BCUT2D eigenvalue weighted by molar-refractivity contribution is 7.20. The van der Waals surface area contributed by atoms with Crippen LogP contribution in [0, 0.1) is 0 Å². The zero-order chi connectivity index (χ0) is 9.07. The van der Waals surface area contributed by atoms with Gasteiger partial charge in [-0.3, -0.25) is 0 Å². The van der Waals surface area contributed by atoms with Gasteiger partial charge < -0.3 is 4.98 Å². The van der Waals surface area contributed by atoms with Crippen LogP contribution in [0.2, 0.25) is 11.1 Å². The number of nitrogens with one attached hydrogen (secondary N) is 1. The van der Waals surface area contributed by atoms with Crippen molar-refractivity contribution in [1.29, 1.82) is 0 Å². The summed E-state index contributed by atoms with van der Waals surface area (Å²) < 4.78 is 0. The normalized spacial score (nSPS) is 13.1. The average Bonchev–Trinajstić information content (AvgIpc) is 1.87. The third-order valence-electron chi connectivity index (χ3n) is 2.13. The molecule has 0 aromatic carbocycles. The molecule has 0 aromatic heterocycles. The highest BCUT2D eigenvalue weighted by atomic mass is 35.6. The van der Waals surface area contributed by atoms with Crippen LogP contribution in [-0.4, -0.2) is 14.1 Å². The van der Waals surface area contributed by atoms with Crippen LogP contribution in [0.3, 0.4) is 0 Å². The summed E-state index contributed by atoms with van der Waals surface area (Å²) in [5, 5.41) is 0. The van der Waals surface area contributed by atoms with E-state index in [1.165, 1.54) is 0 Å². The third kappa shape index (κ3) is 2.77. The fourth-order valence-electron chi connectivity index (χ4n) is 1.35. The lowest BCUT2D eigenvalue weighted by molar-refractivity contribution is 0.833. The Morgan fingerprint density at radius 1 is 1.18 bits per heavy atom. The van der Waals surface area contributed by atoms with Gasteiger partial charge in [-0.15, -0.1) is 11.1 Å². The van der Waals surface area contributed by atoms with Crippen LogP contribution in [0.4, 0.5) is 0 Å². The smallest absolute Gasteiger partial charge is 0.231 e. The van der Waals surface area contributed by atoms with Crippen molar-refractivity contribution >= 4 is 18.6 Å². The lowest BCUT2D eigenvalue weighted by Gasteiger charge is -2.32. The van der Waals surface area contributed by atoms with Crippen molar-refractivity contribution in [3.05, 3.63) is 0 Å². The number of rotatable bonds is 4. The van der Waals surface area contributed by atoms with Crippen LogP contribution in [0.25, 0.3) is 0 Å². The molecule has 3 heteroatoms. The second-order valence-electron chi connectivity index (χ2n) is 3.61. The predicted molar refractivity (Wildman–Crippen MR) is 55.5 cm³/mol. The molecule has 0 fully saturated rings. The Morgan fingerprint density at radius 3 is 1.64 bits per heavy atom. The lowest BCUT2D eigenvalue weighted by atomic mass is 10.5. The van der Waals surface area contributed by atoms with E-state index in [0.717, 1.165) is 6.54 Å². The van der Waals surface area contributed by atoms with E-state index in [1.807, 2.05) is 0 Å². The molecule has 0 heterocycles. The van der Waals surface area contributed by atoms with Gasteiger partial charge in [-0.25, -0.2) is 0 Å². The Hall–Kier alpha value is 0.467. The summed E-state index contributed by atoms with van der Waals surface area (Å²) in [6, 6.07) is 0. The van der Waals surface area contributed by atoms with Gasteiger partial charge in [-0.1, -0.05) is 34.6 Å². The summed E-state index contributed by atoms with van der Waals surface area (Å²) >= 11 is 6.54. The lowest BCUT2D eigenvalue weighted by Crippen LogP contribution is -2.50. The van der Waals surface area contributed by atoms with E-state index >= 15 is 0 Å². The maximum absolute atomic E-state index is 6.54. The Bertz CT molecular complexity index is 107. The van der Waals surface area contributed by atoms with Gasteiger partial charge in [0, 0.05) is 0 Å². The van der Waals surface area contributed by atoms with Gasteiger partial charge in [0.2, 0.25) is 7.55 Å². The first-order valence-electron chi connectivity index (χ1n) is 4.39. The predicted octanol–water partition coefficient (Wildman–Crippen LogP) is 3.10. The zero-order valence-electron chi connectivity index (χ0n) is 8.24. The highest BCUT2D eigenvalue weighted by Crippen LogP contribution is 2.32. The average molecular weight is 194 g/mol. The molecule has 0 aliphatic rings. The standard InChI is InChI=1S/C8H20ClNSi/c1-6-10-11(9,7(2)3)8(4)5/h7-8,10H,6H2,1-5H3. The Balaban J connectivity index is 4.26. The molecular weight excluding hydrogens is 174 g/mol. The molecule has 0 aliphatic carbocycles. The molecule has 0 atom stereocenters. The van der Waals surface area contributed by atoms with Gasteiger partial charge in [0.05, 0.1) is 0 Å². The molecule has 0 aromatic rings. The van der Waals surface area contributed by atoms with Crippen molar-refractivity contribution < 1.29 is 0 Å². The summed E-state index contributed by atoms with van der Waals surface area (Å²) in [5.41, 5.74) is 1.20. The summed E-state index contributed by atoms with van der Waals surface area (Å²) in [6.45, 7) is 12.0. The molecule has 0 bridgehead atoms. The first-order chi connectivity index (χ1) is 4.95. The first-order valence-corrected chi connectivity index (χ1v) is 7.55. The van der Waals surface area contributed by atoms with Crippen molar-refractivity contribution in [1.82, 2.24) is 4.98 Å². The van der Waals surface area contributed by atoms with Crippen LogP contribution in [-0.2, 0) is 0 Å². The van der Waals surface area contributed by atoms with E-state index in [9.17, 15) is 0 Å². The topological polar surface area (TPSA) is 12.0 Å². The van der Waals surface area contributed by atoms with Crippen LogP contribution in [0.5, 0.6) is 0 Å². The fourth-order valence-corrected chi connectivity index (χ4v) is 4.44. The Morgan fingerprint density at radius 2 is 1.55 bits per heavy atom. The van der Waals surface area contributed by atoms with Gasteiger partial charge in [0.15, 0.2) is 0 Å². The van der Waals surface area contributed by atoms with Crippen molar-refractivity contribution in [2.75, 3.05) is 6.54 Å². The molecule has 0 amide bonds. The summed E-state index contributed by atoms with van der Waals surface area (Å²) in [7, 11) is -1.68. The Kier molecular flexibility index (Phi) is 4.67. The van der Waals surface area contributed by atoms with Crippen molar-refractivity contribution in [3.63, 3.8) is 0 Å². The molecule has 0 saturated carbocycles.